The molecule has 33 heavy (non-hydrogen) atoms. The number of benzene rings is 2. The normalized spacial score (nSPS) is 10.7. The second-order valence-corrected chi connectivity index (χ2v) is 7.99. The molecule has 170 valence electrons. The maximum Gasteiger partial charge on any atom is 0.234 e. The summed E-state index contributed by atoms with van der Waals surface area (Å²) in [7, 11) is 1.63. The third-order valence-corrected chi connectivity index (χ3v) is 5.65. The van der Waals surface area contributed by atoms with Crippen molar-refractivity contribution < 1.29 is 14.3 Å². The van der Waals surface area contributed by atoms with Crippen LogP contribution in [0.15, 0.2) is 72.1 Å². The van der Waals surface area contributed by atoms with Gasteiger partial charge in [-0.1, -0.05) is 17.8 Å². The smallest absolute Gasteiger partial charge is 0.234 e. The van der Waals surface area contributed by atoms with Crippen LogP contribution in [0.25, 0.3) is 5.69 Å². The van der Waals surface area contributed by atoms with Gasteiger partial charge < -0.3 is 14.8 Å². The first-order chi connectivity index (χ1) is 16.1. The van der Waals surface area contributed by atoms with Crippen LogP contribution in [0, 0.1) is 6.92 Å². The quantitative estimate of drug-likeness (QED) is 0.358. The summed E-state index contributed by atoms with van der Waals surface area (Å²) < 4.78 is 14.7. The van der Waals surface area contributed by atoms with Crippen LogP contribution in [0.3, 0.4) is 0 Å². The van der Waals surface area contributed by atoms with E-state index in [1.165, 1.54) is 11.8 Å². The zero-order chi connectivity index (χ0) is 23.0. The van der Waals surface area contributed by atoms with Gasteiger partial charge in [0.2, 0.25) is 5.91 Å². The van der Waals surface area contributed by atoms with Gasteiger partial charge in [-0.3, -0.25) is 14.0 Å². The van der Waals surface area contributed by atoms with Crippen molar-refractivity contribution in [3.05, 3.63) is 72.8 Å². The number of ether oxygens (including phenoxy) is 2. The number of hydrogen-bond acceptors (Lipinski definition) is 7. The zero-order valence-electron chi connectivity index (χ0n) is 18.3. The summed E-state index contributed by atoms with van der Waals surface area (Å²) in [6.45, 7) is 3.00. The number of thioether (sulfide) groups is 1. The first kappa shape index (κ1) is 22.4. The molecule has 0 aliphatic heterocycles. The minimum atomic E-state index is -0.143. The molecule has 0 saturated carbocycles. The molecule has 0 fully saturated rings. The van der Waals surface area contributed by atoms with E-state index in [2.05, 4.69) is 20.6 Å². The molecule has 1 N–H and O–H groups in total. The van der Waals surface area contributed by atoms with E-state index in [1.54, 1.807) is 24.1 Å². The standard InChI is InChI=1S/C23H24N6O3S/c1-17-26-27-23(29(17)19-7-9-20(31-2)10-8-19)33-16-22(30)25-18-5-3-6-21(15-18)32-14-13-28-12-4-11-24-28/h3-12,15H,13-14,16H2,1-2H3,(H,25,30). The average Bonchev–Trinajstić information content (AvgIpc) is 3.48. The van der Waals surface area contributed by atoms with Crippen LogP contribution >= 0.6 is 11.8 Å². The number of carbonyl (C=O) groups is 1. The molecule has 0 bridgehead atoms. The molecule has 2 heterocycles. The second kappa shape index (κ2) is 10.7. The van der Waals surface area contributed by atoms with Gasteiger partial charge in [0.15, 0.2) is 5.16 Å². The summed E-state index contributed by atoms with van der Waals surface area (Å²) in [5, 5.41) is 16.1. The van der Waals surface area contributed by atoms with E-state index in [-0.39, 0.29) is 11.7 Å². The van der Waals surface area contributed by atoms with Crippen molar-refractivity contribution in [1.29, 1.82) is 0 Å². The lowest BCUT2D eigenvalue weighted by Gasteiger charge is -2.10. The Morgan fingerprint density at radius 1 is 1.09 bits per heavy atom. The van der Waals surface area contributed by atoms with Crippen molar-refractivity contribution in [3.63, 3.8) is 0 Å². The van der Waals surface area contributed by atoms with Gasteiger partial charge in [0.05, 0.1) is 19.4 Å². The Hall–Kier alpha value is -3.79. The minimum Gasteiger partial charge on any atom is -0.497 e. The summed E-state index contributed by atoms with van der Waals surface area (Å²) in [6.07, 6.45) is 3.61. The van der Waals surface area contributed by atoms with E-state index in [0.717, 1.165) is 17.3 Å². The van der Waals surface area contributed by atoms with E-state index in [4.69, 9.17) is 9.47 Å². The van der Waals surface area contributed by atoms with Crippen molar-refractivity contribution in [2.75, 3.05) is 24.8 Å². The number of nitrogens with zero attached hydrogens (tertiary/aromatic N) is 5. The Morgan fingerprint density at radius 3 is 2.70 bits per heavy atom. The van der Waals surface area contributed by atoms with Gasteiger partial charge in [-0.2, -0.15) is 5.10 Å². The maximum atomic E-state index is 12.5. The number of nitrogens with one attached hydrogen (secondary N) is 1. The molecule has 4 rings (SSSR count). The number of anilines is 1. The SMILES string of the molecule is COc1ccc(-n2c(C)nnc2SCC(=O)Nc2cccc(OCCn3cccn3)c2)cc1. The third-order valence-electron chi connectivity index (χ3n) is 4.72. The van der Waals surface area contributed by atoms with Gasteiger partial charge in [0.25, 0.3) is 0 Å². The monoisotopic (exact) mass is 464 g/mol. The molecule has 9 nitrogen and oxygen atoms in total. The predicted molar refractivity (Wildman–Crippen MR) is 126 cm³/mol. The highest BCUT2D eigenvalue weighted by molar-refractivity contribution is 7.99. The highest BCUT2D eigenvalue weighted by Gasteiger charge is 2.14. The summed E-state index contributed by atoms with van der Waals surface area (Å²) in [6, 6.07) is 16.8. The largest absolute Gasteiger partial charge is 0.497 e. The van der Waals surface area contributed by atoms with Crippen molar-refractivity contribution >= 4 is 23.4 Å². The fraction of sp³-hybridized carbons (Fsp3) is 0.217. The fourth-order valence-corrected chi connectivity index (χ4v) is 3.94. The van der Waals surface area contributed by atoms with E-state index in [1.807, 2.05) is 66.2 Å². The fourth-order valence-electron chi connectivity index (χ4n) is 3.15. The Balaban J connectivity index is 1.32. The van der Waals surface area contributed by atoms with E-state index < -0.39 is 0 Å². The highest BCUT2D eigenvalue weighted by atomic mass is 32.2. The first-order valence-corrected chi connectivity index (χ1v) is 11.3. The van der Waals surface area contributed by atoms with Crippen LogP contribution in [-0.4, -0.2) is 49.9 Å². The lowest BCUT2D eigenvalue weighted by atomic mass is 10.3. The number of aryl methyl sites for hydroxylation is 1. The van der Waals surface area contributed by atoms with Crippen LogP contribution < -0.4 is 14.8 Å². The van der Waals surface area contributed by atoms with Crippen LogP contribution in [0.1, 0.15) is 5.82 Å². The number of carbonyl (C=O) groups excluding carboxylic acids is 1. The number of methoxy groups -OCH3 is 1. The van der Waals surface area contributed by atoms with Crippen molar-refractivity contribution in [2.45, 2.75) is 18.6 Å². The molecular weight excluding hydrogens is 440 g/mol. The Kier molecular flexibility index (Phi) is 7.26. The Bertz CT molecular complexity index is 1190. The molecular formula is C23H24N6O3S. The summed E-state index contributed by atoms with van der Waals surface area (Å²) in [5.74, 6) is 2.24. The van der Waals surface area contributed by atoms with Gasteiger partial charge in [0.1, 0.15) is 23.9 Å². The lowest BCUT2D eigenvalue weighted by molar-refractivity contribution is -0.113. The molecule has 4 aromatic rings. The molecule has 0 saturated heterocycles. The molecule has 0 radical (unpaired) electrons. The Labute approximate surface area is 195 Å². The second-order valence-electron chi connectivity index (χ2n) is 7.05. The molecule has 2 aromatic heterocycles. The summed E-state index contributed by atoms with van der Waals surface area (Å²) in [5.41, 5.74) is 1.58. The summed E-state index contributed by atoms with van der Waals surface area (Å²) >= 11 is 1.32. The number of rotatable bonds is 10. The lowest BCUT2D eigenvalue weighted by Crippen LogP contribution is -2.15. The van der Waals surface area contributed by atoms with Gasteiger partial charge in [-0.25, -0.2) is 0 Å². The first-order valence-electron chi connectivity index (χ1n) is 10.3. The highest BCUT2D eigenvalue weighted by Crippen LogP contribution is 2.24. The van der Waals surface area contributed by atoms with Gasteiger partial charge in [0, 0.05) is 29.8 Å². The predicted octanol–water partition coefficient (Wildman–Crippen LogP) is 3.59. The zero-order valence-corrected chi connectivity index (χ0v) is 19.2. The molecule has 0 spiro atoms. The van der Waals surface area contributed by atoms with Crippen LogP contribution in [0.2, 0.25) is 0 Å². The topological polar surface area (TPSA) is 96.1 Å². The molecule has 0 unspecified atom stereocenters. The van der Waals surface area contributed by atoms with E-state index in [9.17, 15) is 4.79 Å². The molecule has 1 amide bonds. The third kappa shape index (κ3) is 5.92. The van der Waals surface area contributed by atoms with Crippen LogP contribution in [0.4, 0.5) is 5.69 Å². The summed E-state index contributed by atoms with van der Waals surface area (Å²) in [4.78, 5) is 12.5. The van der Waals surface area contributed by atoms with Gasteiger partial charge >= 0.3 is 0 Å². The molecule has 10 heteroatoms. The molecule has 0 aliphatic carbocycles. The maximum absolute atomic E-state index is 12.5. The number of hydrogen-bond donors (Lipinski definition) is 1. The number of amides is 1. The molecule has 0 atom stereocenters. The van der Waals surface area contributed by atoms with Crippen molar-refractivity contribution in [1.82, 2.24) is 24.5 Å². The van der Waals surface area contributed by atoms with Crippen LogP contribution in [0.5, 0.6) is 11.5 Å². The van der Waals surface area contributed by atoms with Gasteiger partial charge in [-0.15, -0.1) is 10.2 Å². The van der Waals surface area contributed by atoms with Gasteiger partial charge in [-0.05, 0) is 49.4 Å². The average molecular weight is 465 g/mol. The van der Waals surface area contributed by atoms with E-state index in [0.29, 0.717) is 29.7 Å². The number of aromatic nitrogens is 5. The minimum absolute atomic E-state index is 0.143. The Morgan fingerprint density at radius 2 is 1.94 bits per heavy atom. The van der Waals surface area contributed by atoms with E-state index >= 15 is 0 Å². The van der Waals surface area contributed by atoms with Crippen molar-refractivity contribution in [2.24, 2.45) is 0 Å². The molecule has 0 aliphatic rings. The van der Waals surface area contributed by atoms with Crippen molar-refractivity contribution in [3.8, 4) is 17.2 Å². The molecule has 2 aromatic carbocycles. The van der Waals surface area contributed by atoms with Crippen LogP contribution in [-0.2, 0) is 11.3 Å².